The molecule has 0 radical (unpaired) electrons. The van der Waals surface area contributed by atoms with E-state index in [0.717, 1.165) is 10.6 Å². The summed E-state index contributed by atoms with van der Waals surface area (Å²) in [6.07, 6.45) is 0. The molecule has 0 fully saturated rings. The largest absolute Gasteiger partial charge is 0.397 e. The summed E-state index contributed by atoms with van der Waals surface area (Å²) >= 11 is 7.70. The molecule has 0 unspecified atom stereocenters. The van der Waals surface area contributed by atoms with Gasteiger partial charge in [0.25, 0.3) is 0 Å². The van der Waals surface area contributed by atoms with Gasteiger partial charge in [0.2, 0.25) is 0 Å². The quantitative estimate of drug-likeness (QED) is 0.651. The molecule has 0 aliphatic rings. The van der Waals surface area contributed by atoms with Crippen LogP contribution in [0.1, 0.15) is 11.1 Å². The average Bonchev–Trinajstić information content (AvgIpc) is 2.31. The molecular formula is C14H14ClNS. The first kappa shape index (κ1) is 12.3. The van der Waals surface area contributed by atoms with E-state index >= 15 is 0 Å². The lowest BCUT2D eigenvalue weighted by Gasteiger charge is -2.07. The van der Waals surface area contributed by atoms with Gasteiger partial charge in [-0.05, 0) is 24.6 Å². The van der Waals surface area contributed by atoms with Gasteiger partial charge in [-0.15, -0.1) is 11.8 Å². The fourth-order valence-electron chi connectivity index (χ4n) is 1.61. The van der Waals surface area contributed by atoms with Crippen LogP contribution in [-0.4, -0.2) is 0 Å². The zero-order chi connectivity index (χ0) is 12.3. The first-order chi connectivity index (χ1) is 8.16. The lowest BCUT2D eigenvalue weighted by atomic mass is 10.2. The highest BCUT2D eigenvalue weighted by Crippen LogP contribution is 2.32. The third-order valence-corrected chi connectivity index (χ3v) is 3.96. The normalized spacial score (nSPS) is 10.5. The van der Waals surface area contributed by atoms with Crippen LogP contribution in [0.5, 0.6) is 0 Å². The Balaban J connectivity index is 2.10. The van der Waals surface area contributed by atoms with Gasteiger partial charge < -0.3 is 5.73 Å². The van der Waals surface area contributed by atoms with E-state index in [2.05, 4.69) is 31.2 Å². The van der Waals surface area contributed by atoms with E-state index in [1.54, 1.807) is 11.8 Å². The smallest absolute Gasteiger partial charge is 0.0646 e. The van der Waals surface area contributed by atoms with Crippen LogP contribution in [0, 0.1) is 6.92 Å². The molecule has 0 amide bonds. The van der Waals surface area contributed by atoms with Gasteiger partial charge in [-0.3, -0.25) is 0 Å². The van der Waals surface area contributed by atoms with Gasteiger partial charge in [0.15, 0.2) is 0 Å². The molecule has 0 saturated heterocycles. The first-order valence-electron chi connectivity index (χ1n) is 5.39. The maximum absolute atomic E-state index is 5.98. The number of rotatable bonds is 3. The monoisotopic (exact) mass is 263 g/mol. The number of nitrogens with two attached hydrogens (primary N) is 1. The van der Waals surface area contributed by atoms with Crippen molar-refractivity contribution in [3.8, 4) is 0 Å². The summed E-state index contributed by atoms with van der Waals surface area (Å²) in [5, 5.41) is 0.624. The first-order valence-corrected chi connectivity index (χ1v) is 6.75. The Morgan fingerprint density at radius 3 is 2.71 bits per heavy atom. The predicted octanol–water partition coefficient (Wildman–Crippen LogP) is 4.52. The highest BCUT2D eigenvalue weighted by atomic mass is 35.5. The summed E-state index contributed by atoms with van der Waals surface area (Å²) in [7, 11) is 0. The van der Waals surface area contributed by atoms with E-state index in [0.29, 0.717) is 10.7 Å². The summed E-state index contributed by atoms with van der Waals surface area (Å²) in [4.78, 5) is 1.04. The van der Waals surface area contributed by atoms with E-state index < -0.39 is 0 Å². The predicted molar refractivity (Wildman–Crippen MR) is 76.6 cm³/mol. The van der Waals surface area contributed by atoms with Crippen molar-refractivity contribution in [1.82, 2.24) is 0 Å². The lowest BCUT2D eigenvalue weighted by molar-refractivity contribution is 1.34. The number of para-hydroxylation sites is 1. The van der Waals surface area contributed by atoms with Gasteiger partial charge in [-0.1, -0.05) is 47.5 Å². The number of benzene rings is 2. The minimum absolute atomic E-state index is 0.624. The molecule has 17 heavy (non-hydrogen) atoms. The Morgan fingerprint density at radius 1 is 1.18 bits per heavy atom. The summed E-state index contributed by atoms with van der Waals surface area (Å²) in [6.45, 7) is 2.10. The molecule has 88 valence electrons. The van der Waals surface area contributed by atoms with Crippen LogP contribution in [0.2, 0.25) is 5.02 Å². The van der Waals surface area contributed by atoms with Crippen LogP contribution in [0.25, 0.3) is 0 Å². The maximum atomic E-state index is 5.98. The third-order valence-electron chi connectivity index (χ3n) is 2.49. The Hall–Kier alpha value is -1.12. The standard InChI is InChI=1S/C14H14ClNS/c1-10-4-2-5-11(8-10)9-17-13-7-3-6-12(15)14(13)16/h2-8H,9,16H2,1H3. The summed E-state index contributed by atoms with van der Waals surface area (Å²) in [5.41, 5.74) is 9.18. The molecule has 0 bridgehead atoms. The van der Waals surface area contributed by atoms with Gasteiger partial charge in [0, 0.05) is 10.6 Å². The molecule has 2 aromatic rings. The number of aryl methyl sites for hydroxylation is 1. The van der Waals surface area contributed by atoms with Crippen molar-refractivity contribution in [3.05, 3.63) is 58.6 Å². The Kier molecular flexibility index (Phi) is 3.97. The van der Waals surface area contributed by atoms with Crippen molar-refractivity contribution in [2.24, 2.45) is 0 Å². The van der Waals surface area contributed by atoms with E-state index in [-0.39, 0.29) is 0 Å². The SMILES string of the molecule is Cc1cccc(CSc2cccc(Cl)c2N)c1. The van der Waals surface area contributed by atoms with Gasteiger partial charge >= 0.3 is 0 Å². The fourth-order valence-corrected chi connectivity index (χ4v) is 2.78. The van der Waals surface area contributed by atoms with Crippen LogP contribution in [0.15, 0.2) is 47.4 Å². The van der Waals surface area contributed by atoms with Crippen LogP contribution >= 0.6 is 23.4 Å². The summed E-state index contributed by atoms with van der Waals surface area (Å²) in [6, 6.07) is 14.2. The molecule has 0 spiro atoms. The van der Waals surface area contributed by atoms with Crippen LogP contribution in [0.4, 0.5) is 5.69 Å². The Morgan fingerprint density at radius 2 is 1.94 bits per heavy atom. The molecule has 0 aliphatic carbocycles. The molecule has 1 nitrogen and oxygen atoms in total. The summed E-state index contributed by atoms with van der Waals surface area (Å²) < 4.78 is 0. The van der Waals surface area contributed by atoms with Gasteiger partial charge in [-0.2, -0.15) is 0 Å². The van der Waals surface area contributed by atoms with Crippen molar-refractivity contribution < 1.29 is 0 Å². The van der Waals surface area contributed by atoms with E-state index in [1.165, 1.54) is 11.1 Å². The number of nitrogen functional groups attached to an aromatic ring is 1. The van der Waals surface area contributed by atoms with Crippen LogP contribution in [0.3, 0.4) is 0 Å². The van der Waals surface area contributed by atoms with Crippen molar-refractivity contribution in [1.29, 1.82) is 0 Å². The van der Waals surface area contributed by atoms with Gasteiger partial charge in [0.05, 0.1) is 10.7 Å². The number of hydrogen-bond acceptors (Lipinski definition) is 2. The molecule has 0 aliphatic heterocycles. The van der Waals surface area contributed by atoms with Crippen molar-refractivity contribution in [3.63, 3.8) is 0 Å². The molecule has 0 saturated carbocycles. The van der Waals surface area contributed by atoms with Crippen molar-refractivity contribution in [2.45, 2.75) is 17.6 Å². The van der Waals surface area contributed by atoms with Crippen LogP contribution in [-0.2, 0) is 5.75 Å². The van der Waals surface area contributed by atoms with E-state index in [4.69, 9.17) is 17.3 Å². The van der Waals surface area contributed by atoms with Gasteiger partial charge in [0.1, 0.15) is 0 Å². The second kappa shape index (κ2) is 5.48. The zero-order valence-corrected chi connectivity index (χ0v) is 11.2. The lowest BCUT2D eigenvalue weighted by Crippen LogP contribution is -1.90. The van der Waals surface area contributed by atoms with Crippen molar-refractivity contribution >= 4 is 29.1 Å². The molecule has 2 aromatic carbocycles. The molecule has 2 rings (SSSR count). The molecule has 0 aromatic heterocycles. The Bertz CT molecular complexity index is 525. The fraction of sp³-hybridized carbons (Fsp3) is 0.143. The molecule has 0 heterocycles. The second-order valence-corrected chi connectivity index (χ2v) is 5.35. The number of anilines is 1. The zero-order valence-electron chi connectivity index (χ0n) is 9.61. The molecule has 3 heteroatoms. The van der Waals surface area contributed by atoms with E-state index in [1.807, 2.05) is 18.2 Å². The molecular weight excluding hydrogens is 250 g/mol. The third kappa shape index (κ3) is 3.18. The van der Waals surface area contributed by atoms with Crippen molar-refractivity contribution in [2.75, 3.05) is 5.73 Å². The Labute approximate surface area is 111 Å². The topological polar surface area (TPSA) is 26.0 Å². The van der Waals surface area contributed by atoms with E-state index in [9.17, 15) is 0 Å². The number of hydrogen-bond donors (Lipinski definition) is 1. The van der Waals surface area contributed by atoms with Crippen LogP contribution < -0.4 is 5.73 Å². The number of halogens is 1. The summed E-state index contributed by atoms with van der Waals surface area (Å²) in [5.74, 6) is 0.909. The molecule has 0 atom stereocenters. The minimum atomic E-state index is 0.624. The molecule has 2 N–H and O–H groups in total. The maximum Gasteiger partial charge on any atom is 0.0646 e. The highest BCUT2D eigenvalue weighted by molar-refractivity contribution is 7.98. The minimum Gasteiger partial charge on any atom is -0.397 e. The average molecular weight is 264 g/mol. The number of thioether (sulfide) groups is 1. The highest BCUT2D eigenvalue weighted by Gasteiger charge is 2.03. The second-order valence-electron chi connectivity index (χ2n) is 3.93. The van der Waals surface area contributed by atoms with Gasteiger partial charge in [-0.25, -0.2) is 0 Å².